The average molecular weight is 273 g/mol. The summed E-state index contributed by atoms with van der Waals surface area (Å²) < 4.78 is 31.4. The van der Waals surface area contributed by atoms with Gasteiger partial charge in [0.25, 0.3) is 0 Å². The Morgan fingerprint density at radius 3 is 2.72 bits per heavy atom. The number of hydrogen-bond donors (Lipinski definition) is 2. The minimum atomic E-state index is -3.53. The van der Waals surface area contributed by atoms with Crippen molar-refractivity contribution in [2.24, 2.45) is 0 Å². The van der Waals surface area contributed by atoms with Crippen LogP contribution >= 0.6 is 0 Å². The highest BCUT2D eigenvalue weighted by Crippen LogP contribution is 2.15. The summed E-state index contributed by atoms with van der Waals surface area (Å²) in [4.78, 5) is 0.161. The number of sulfonamides is 1. The number of nitrogens with one attached hydrogen (secondary N) is 1. The first-order chi connectivity index (χ1) is 8.51. The van der Waals surface area contributed by atoms with E-state index < -0.39 is 10.0 Å². The fourth-order valence-corrected chi connectivity index (χ4v) is 2.52. The molecule has 0 atom stereocenters. The van der Waals surface area contributed by atoms with E-state index in [1.807, 2.05) is 13.8 Å². The normalized spacial score (nSPS) is 11.7. The van der Waals surface area contributed by atoms with E-state index in [0.717, 1.165) is 5.56 Å². The molecule has 0 saturated heterocycles. The molecule has 0 unspecified atom stereocenters. The minimum Gasteiger partial charge on any atom is -0.392 e. The van der Waals surface area contributed by atoms with Gasteiger partial charge in [-0.15, -0.1) is 0 Å². The van der Waals surface area contributed by atoms with E-state index in [1.54, 1.807) is 6.07 Å². The van der Waals surface area contributed by atoms with Crippen molar-refractivity contribution in [2.45, 2.75) is 25.3 Å². The number of benzene rings is 1. The number of rotatable bonds is 7. The molecule has 0 aliphatic heterocycles. The molecule has 0 heterocycles. The summed E-state index contributed by atoms with van der Waals surface area (Å²) in [5, 5.41) is 9.12. The Kier molecular flexibility index (Phi) is 5.74. The summed E-state index contributed by atoms with van der Waals surface area (Å²) in [6, 6.07) is 4.69. The Bertz CT molecular complexity index is 485. The first-order valence-electron chi connectivity index (χ1n) is 5.79. The highest BCUT2D eigenvalue weighted by Gasteiger charge is 2.14. The zero-order valence-electron chi connectivity index (χ0n) is 10.6. The molecule has 0 fully saturated rings. The topological polar surface area (TPSA) is 75.6 Å². The van der Waals surface area contributed by atoms with Crippen molar-refractivity contribution in [3.63, 3.8) is 0 Å². The molecule has 0 saturated carbocycles. The molecule has 18 heavy (non-hydrogen) atoms. The predicted octanol–water partition coefficient (Wildman–Crippen LogP) is 0.802. The van der Waals surface area contributed by atoms with Crippen LogP contribution in [-0.4, -0.2) is 33.3 Å². The molecular formula is C12H19NO4S. The van der Waals surface area contributed by atoms with E-state index in [1.165, 1.54) is 12.1 Å². The minimum absolute atomic E-state index is 0.161. The lowest BCUT2D eigenvalue weighted by Crippen LogP contribution is -2.27. The molecule has 102 valence electrons. The van der Waals surface area contributed by atoms with Gasteiger partial charge in [-0.1, -0.05) is 6.07 Å². The number of aliphatic hydroxyl groups excluding tert-OH is 1. The molecule has 1 rings (SSSR count). The Labute approximate surface area is 108 Å². The molecule has 0 amide bonds. The second kappa shape index (κ2) is 6.84. The van der Waals surface area contributed by atoms with E-state index in [9.17, 15) is 8.42 Å². The van der Waals surface area contributed by atoms with Gasteiger partial charge in [-0.2, -0.15) is 0 Å². The van der Waals surface area contributed by atoms with Crippen LogP contribution in [-0.2, 0) is 21.4 Å². The second-order valence-corrected chi connectivity index (χ2v) is 5.61. The van der Waals surface area contributed by atoms with E-state index >= 15 is 0 Å². The summed E-state index contributed by atoms with van der Waals surface area (Å²) in [5.41, 5.74) is 1.48. The number of hydrogen-bond acceptors (Lipinski definition) is 4. The lowest BCUT2D eigenvalue weighted by Gasteiger charge is -2.09. The van der Waals surface area contributed by atoms with E-state index in [-0.39, 0.29) is 18.0 Å². The fraction of sp³-hybridized carbons (Fsp3) is 0.500. The van der Waals surface area contributed by atoms with E-state index in [4.69, 9.17) is 9.84 Å². The van der Waals surface area contributed by atoms with Crippen molar-refractivity contribution in [1.82, 2.24) is 4.72 Å². The second-order valence-electron chi connectivity index (χ2n) is 3.84. The molecule has 0 spiro atoms. The van der Waals surface area contributed by atoms with Crippen LogP contribution in [0.3, 0.4) is 0 Å². The third-order valence-corrected chi connectivity index (χ3v) is 4.00. The molecule has 0 bridgehead atoms. The van der Waals surface area contributed by atoms with E-state index in [0.29, 0.717) is 18.8 Å². The molecule has 2 N–H and O–H groups in total. The van der Waals surface area contributed by atoms with Crippen LogP contribution < -0.4 is 4.72 Å². The molecule has 0 radical (unpaired) electrons. The highest BCUT2D eigenvalue weighted by molar-refractivity contribution is 7.89. The Hall–Kier alpha value is -0.950. The third-order valence-electron chi connectivity index (χ3n) is 2.54. The summed E-state index contributed by atoms with van der Waals surface area (Å²) >= 11 is 0. The molecular weight excluding hydrogens is 254 g/mol. The third kappa shape index (κ3) is 4.06. The largest absolute Gasteiger partial charge is 0.392 e. The van der Waals surface area contributed by atoms with Crippen LogP contribution in [0.1, 0.15) is 18.1 Å². The van der Waals surface area contributed by atoms with Gasteiger partial charge >= 0.3 is 0 Å². The predicted molar refractivity (Wildman–Crippen MR) is 68.8 cm³/mol. The maximum Gasteiger partial charge on any atom is 0.240 e. The Morgan fingerprint density at radius 1 is 1.39 bits per heavy atom. The maximum absolute atomic E-state index is 11.9. The monoisotopic (exact) mass is 273 g/mol. The molecule has 5 nitrogen and oxygen atoms in total. The zero-order valence-corrected chi connectivity index (χ0v) is 11.5. The summed E-state index contributed by atoms with van der Waals surface area (Å²) in [6.45, 7) is 4.63. The maximum atomic E-state index is 11.9. The van der Waals surface area contributed by atoms with Gasteiger partial charge < -0.3 is 9.84 Å². The average Bonchev–Trinajstić information content (AvgIpc) is 2.35. The van der Waals surface area contributed by atoms with Crippen LogP contribution in [0.5, 0.6) is 0 Å². The SMILES string of the molecule is CCOCCNS(=O)(=O)c1ccc(C)c(CO)c1. The van der Waals surface area contributed by atoms with Crippen LogP contribution in [0, 0.1) is 6.92 Å². The number of aryl methyl sites for hydroxylation is 1. The van der Waals surface area contributed by atoms with Gasteiger partial charge in [0.15, 0.2) is 0 Å². The molecule has 1 aromatic rings. The standard InChI is InChI=1S/C12H19NO4S/c1-3-17-7-6-13-18(15,16)12-5-4-10(2)11(8-12)9-14/h4-5,8,13-14H,3,6-7,9H2,1-2H3. The summed E-state index contributed by atoms with van der Waals surface area (Å²) in [5.74, 6) is 0. The Balaban J connectivity index is 2.78. The van der Waals surface area contributed by atoms with Gasteiger partial charge in [-0.3, -0.25) is 0 Å². The van der Waals surface area contributed by atoms with Crippen molar-refractivity contribution in [3.8, 4) is 0 Å². The number of aliphatic hydroxyl groups is 1. The molecule has 0 aliphatic carbocycles. The zero-order chi connectivity index (χ0) is 13.6. The molecule has 0 aromatic heterocycles. The smallest absolute Gasteiger partial charge is 0.240 e. The first-order valence-corrected chi connectivity index (χ1v) is 7.27. The first kappa shape index (κ1) is 15.1. The van der Waals surface area contributed by atoms with Gasteiger partial charge in [-0.25, -0.2) is 13.1 Å². The van der Waals surface area contributed by atoms with E-state index in [2.05, 4.69) is 4.72 Å². The lowest BCUT2D eigenvalue weighted by atomic mass is 10.1. The van der Waals surface area contributed by atoms with Gasteiger partial charge in [0.05, 0.1) is 18.1 Å². The van der Waals surface area contributed by atoms with Gasteiger partial charge in [-0.05, 0) is 37.1 Å². The fourth-order valence-electron chi connectivity index (χ4n) is 1.46. The van der Waals surface area contributed by atoms with Gasteiger partial charge in [0, 0.05) is 13.2 Å². The quantitative estimate of drug-likeness (QED) is 0.721. The van der Waals surface area contributed by atoms with Crippen LogP contribution in [0.15, 0.2) is 23.1 Å². The summed E-state index contributed by atoms with van der Waals surface area (Å²) in [6.07, 6.45) is 0. The van der Waals surface area contributed by atoms with Crippen molar-refractivity contribution in [1.29, 1.82) is 0 Å². The Morgan fingerprint density at radius 2 is 2.11 bits per heavy atom. The number of ether oxygens (including phenoxy) is 1. The van der Waals surface area contributed by atoms with Crippen LogP contribution in [0.4, 0.5) is 0 Å². The van der Waals surface area contributed by atoms with Crippen LogP contribution in [0.25, 0.3) is 0 Å². The van der Waals surface area contributed by atoms with Gasteiger partial charge in [0.1, 0.15) is 0 Å². The molecule has 0 aliphatic rings. The highest BCUT2D eigenvalue weighted by atomic mass is 32.2. The van der Waals surface area contributed by atoms with Gasteiger partial charge in [0.2, 0.25) is 10.0 Å². The van der Waals surface area contributed by atoms with Crippen molar-refractivity contribution < 1.29 is 18.3 Å². The molecule has 6 heteroatoms. The van der Waals surface area contributed by atoms with Crippen LogP contribution in [0.2, 0.25) is 0 Å². The lowest BCUT2D eigenvalue weighted by molar-refractivity contribution is 0.153. The summed E-state index contributed by atoms with van der Waals surface area (Å²) in [7, 11) is -3.53. The van der Waals surface area contributed by atoms with Crippen molar-refractivity contribution in [3.05, 3.63) is 29.3 Å². The van der Waals surface area contributed by atoms with Crippen molar-refractivity contribution >= 4 is 10.0 Å². The van der Waals surface area contributed by atoms with Crippen molar-refractivity contribution in [2.75, 3.05) is 19.8 Å². The molecule has 1 aromatic carbocycles.